The fourth-order valence-corrected chi connectivity index (χ4v) is 1.10. The summed E-state index contributed by atoms with van der Waals surface area (Å²) < 4.78 is 10.6. The van der Waals surface area contributed by atoms with Crippen LogP contribution in [0.4, 0.5) is 5.69 Å². The van der Waals surface area contributed by atoms with Crippen LogP contribution in [0.5, 0.6) is 5.75 Å². The van der Waals surface area contributed by atoms with Crippen molar-refractivity contribution in [1.29, 1.82) is 0 Å². The largest absolute Gasteiger partial charge is 0.484 e. The van der Waals surface area contributed by atoms with Gasteiger partial charge in [0.05, 0.1) is 0 Å². The minimum Gasteiger partial charge on any atom is -0.484 e. The van der Waals surface area contributed by atoms with E-state index in [0.29, 0.717) is 17.5 Å². The maximum Gasteiger partial charge on any atom is 0.253 e. The van der Waals surface area contributed by atoms with E-state index in [-0.39, 0.29) is 19.0 Å². The van der Waals surface area contributed by atoms with E-state index in [4.69, 9.17) is 14.9 Å². The number of benzene rings is 1. The number of hydrogen-bond donors (Lipinski definition) is 1. The molecule has 0 unspecified atom stereocenters. The Kier molecular flexibility index (Phi) is 4.13. The van der Waals surface area contributed by atoms with Gasteiger partial charge in [-0.05, 0) is 24.3 Å². The first-order chi connectivity index (χ1) is 7.24. The zero-order chi connectivity index (χ0) is 10.7. The maximum absolute atomic E-state index is 5.54. The molecule has 0 aliphatic rings. The molecule has 16 heavy (non-hydrogen) atoms. The highest BCUT2D eigenvalue weighted by Gasteiger charge is 2.02. The summed E-state index contributed by atoms with van der Waals surface area (Å²) in [6.07, 6.45) is 0. The molecule has 0 amide bonds. The molecule has 86 valence electrons. The van der Waals surface area contributed by atoms with Crippen LogP contribution < -0.4 is 10.5 Å². The molecule has 1 aromatic heterocycles. The Morgan fingerprint density at radius 2 is 1.94 bits per heavy atom. The quantitative estimate of drug-likeness (QED) is 0.832. The number of hydrogen-bond acceptors (Lipinski definition) is 5. The van der Waals surface area contributed by atoms with E-state index in [1.807, 2.05) is 0 Å². The lowest BCUT2D eigenvalue weighted by molar-refractivity contribution is 0.260. The van der Waals surface area contributed by atoms with Crippen molar-refractivity contribution < 1.29 is 9.15 Å². The molecular formula is C10H12ClN3O2. The van der Waals surface area contributed by atoms with Gasteiger partial charge in [0.1, 0.15) is 5.75 Å². The summed E-state index contributed by atoms with van der Waals surface area (Å²) in [7, 11) is 0. The van der Waals surface area contributed by atoms with Crippen molar-refractivity contribution in [2.45, 2.75) is 13.5 Å². The van der Waals surface area contributed by atoms with E-state index in [0.717, 1.165) is 5.75 Å². The Morgan fingerprint density at radius 3 is 2.50 bits per heavy atom. The van der Waals surface area contributed by atoms with Gasteiger partial charge in [0.25, 0.3) is 5.89 Å². The number of ether oxygens (including phenoxy) is 1. The molecule has 5 nitrogen and oxygen atoms in total. The molecule has 0 saturated heterocycles. The van der Waals surface area contributed by atoms with Gasteiger partial charge in [-0.25, -0.2) is 0 Å². The first-order valence-electron chi connectivity index (χ1n) is 4.51. The lowest BCUT2D eigenvalue weighted by Gasteiger charge is -2.02. The third-order valence-electron chi connectivity index (χ3n) is 1.81. The van der Waals surface area contributed by atoms with Crippen LogP contribution in [-0.4, -0.2) is 10.2 Å². The summed E-state index contributed by atoms with van der Waals surface area (Å²) in [4.78, 5) is 0. The van der Waals surface area contributed by atoms with Gasteiger partial charge in [-0.3, -0.25) is 0 Å². The van der Waals surface area contributed by atoms with Crippen LogP contribution in [0.1, 0.15) is 11.8 Å². The maximum atomic E-state index is 5.54. The van der Waals surface area contributed by atoms with E-state index in [1.165, 1.54) is 0 Å². The molecule has 2 aromatic rings. The number of nitrogens with two attached hydrogens (primary N) is 1. The number of nitrogens with zero attached hydrogens (tertiary/aromatic N) is 2. The van der Waals surface area contributed by atoms with E-state index in [9.17, 15) is 0 Å². The molecule has 0 bridgehead atoms. The number of halogens is 1. The normalized spacial score (nSPS) is 9.56. The fourth-order valence-electron chi connectivity index (χ4n) is 1.10. The summed E-state index contributed by atoms with van der Waals surface area (Å²) in [5.74, 6) is 1.72. The number of nitrogen functional groups attached to an aromatic ring is 1. The van der Waals surface area contributed by atoms with Gasteiger partial charge in [0.15, 0.2) is 6.61 Å². The minimum absolute atomic E-state index is 0. The SMILES string of the molecule is Cc1nnc(COc2ccc(N)cc2)o1.Cl. The molecule has 0 aliphatic carbocycles. The molecule has 0 aliphatic heterocycles. The van der Waals surface area contributed by atoms with E-state index >= 15 is 0 Å². The Bertz CT molecular complexity index is 442. The highest BCUT2D eigenvalue weighted by molar-refractivity contribution is 5.85. The van der Waals surface area contributed by atoms with Crippen molar-refractivity contribution in [2.75, 3.05) is 5.73 Å². The van der Waals surface area contributed by atoms with E-state index in [2.05, 4.69) is 10.2 Å². The fraction of sp³-hybridized carbons (Fsp3) is 0.200. The number of aromatic nitrogens is 2. The Hall–Kier alpha value is -1.75. The molecule has 0 atom stereocenters. The molecular weight excluding hydrogens is 230 g/mol. The van der Waals surface area contributed by atoms with Gasteiger partial charge in [0, 0.05) is 12.6 Å². The average Bonchev–Trinajstić information content (AvgIpc) is 2.64. The van der Waals surface area contributed by atoms with Crippen LogP contribution in [0, 0.1) is 6.92 Å². The highest BCUT2D eigenvalue weighted by Crippen LogP contribution is 2.14. The summed E-state index contributed by atoms with van der Waals surface area (Å²) in [6, 6.07) is 7.12. The van der Waals surface area contributed by atoms with Crippen LogP contribution in [0.2, 0.25) is 0 Å². The van der Waals surface area contributed by atoms with Crippen LogP contribution in [0.3, 0.4) is 0 Å². The monoisotopic (exact) mass is 241 g/mol. The van der Waals surface area contributed by atoms with Crippen LogP contribution in [0.25, 0.3) is 0 Å². The van der Waals surface area contributed by atoms with E-state index < -0.39 is 0 Å². The number of rotatable bonds is 3. The molecule has 0 spiro atoms. The minimum atomic E-state index is 0. The lowest BCUT2D eigenvalue weighted by atomic mass is 10.3. The second-order valence-electron chi connectivity index (χ2n) is 3.07. The van der Waals surface area contributed by atoms with Crippen LogP contribution >= 0.6 is 12.4 Å². The van der Waals surface area contributed by atoms with E-state index in [1.54, 1.807) is 31.2 Å². The van der Waals surface area contributed by atoms with Gasteiger partial charge in [-0.15, -0.1) is 22.6 Å². The molecule has 1 heterocycles. The molecule has 0 saturated carbocycles. The first-order valence-corrected chi connectivity index (χ1v) is 4.51. The molecule has 0 fully saturated rings. The van der Waals surface area contributed by atoms with Gasteiger partial charge >= 0.3 is 0 Å². The first kappa shape index (κ1) is 12.3. The predicted molar refractivity (Wildman–Crippen MR) is 61.5 cm³/mol. The van der Waals surface area contributed by atoms with Crippen molar-refractivity contribution in [3.63, 3.8) is 0 Å². The molecule has 1 aromatic carbocycles. The van der Waals surface area contributed by atoms with Crippen LogP contribution in [-0.2, 0) is 6.61 Å². The number of aryl methyl sites for hydroxylation is 1. The zero-order valence-electron chi connectivity index (χ0n) is 8.71. The van der Waals surface area contributed by atoms with Crippen LogP contribution in [0.15, 0.2) is 28.7 Å². The predicted octanol–water partition coefficient (Wildman–Crippen LogP) is 1.96. The van der Waals surface area contributed by atoms with Gasteiger partial charge in [-0.1, -0.05) is 0 Å². The van der Waals surface area contributed by atoms with Gasteiger partial charge < -0.3 is 14.9 Å². The third-order valence-corrected chi connectivity index (χ3v) is 1.81. The Morgan fingerprint density at radius 1 is 1.25 bits per heavy atom. The summed E-state index contributed by atoms with van der Waals surface area (Å²) in [6.45, 7) is 2.00. The zero-order valence-corrected chi connectivity index (χ0v) is 9.53. The van der Waals surface area contributed by atoms with Crippen molar-refractivity contribution in [3.8, 4) is 5.75 Å². The van der Waals surface area contributed by atoms with Gasteiger partial charge in [-0.2, -0.15) is 0 Å². The second kappa shape index (κ2) is 5.37. The average molecular weight is 242 g/mol. The molecule has 2 rings (SSSR count). The van der Waals surface area contributed by atoms with Crippen molar-refractivity contribution >= 4 is 18.1 Å². The number of anilines is 1. The second-order valence-corrected chi connectivity index (χ2v) is 3.07. The Labute approximate surface area is 99.0 Å². The highest BCUT2D eigenvalue weighted by atomic mass is 35.5. The Balaban J connectivity index is 0.00000128. The summed E-state index contributed by atoms with van der Waals surface area (Å²) in [5, 5.41) is 7.51. The third kappa shape index (κ3) is 3.13. The van der Waals surface area contributed by atoms with Crippen molar-refractivity contribution in [2.24, 2.45) is 0 Å². The molecule has 6 heteroatoms. The topological polar surface area (TPSA) is 74.2 Å². The standard InChI is InChI=1S/C10H11N3O2.ClH/c1-7-12-13-10(15-7)6-14-9-4-2-8(11)3-5-9;/h2-5H,6,11H2,1H3;1H. The van der Waals surface area contributed by atoms with Crippen molar-refractivity contribution in [1.82, 2.24) is 10.2 Å². The summed E-state index contributed by atoms with van der Waals surface area (Å²) >= 11 is 0. The van der Waals surface area contributed by atoms with Crippen molar-refractivity contribution in [3.05, 3.63) is 36.0 Å². The summed E-state index contributed by atoms with van der Waals surface area (Å²) in [5.41, 5.74) is 6.25. The molecule has 0 radical (unpaired) electrons. The molecule has 2 N–H and O–H groups in total. The smallest absolute Gasteiger partial charge is 0.253 e. The van der Waals surface area contributed by atoms with Gasteiger partial charge in [0.2, 0.25) is 5.89 Å². The lowest BCUT2D eigenvalue weighted by Crippen LogP contribution is -1.95.